The molecule has 0 spiro atoms. The SMILES string of the molecule is COc1ccc([P+](c2ccc(OC)cc2)(c2cccc3c2ccn3C)c2cccc3c2cnn3C)cc1. The van der Waals surface area contributed by atoms with Crippen LogP contribution in [-0.2, 0) is 14.1 Å². The molecule has 0 N–H and O–H groups in total. The number of methoxy groups -OCH3 is 2. The fraction of sp³-hybridized carbons (Fsp3) is 0.129. The van der Waals surface area contributed by atoms with Crippen LogP contribution in [-0.4, -0.2) is 28.6 Å². The second-order valence-corrected chi connectivity index (χ2v) is 12.5. The highest BCUT2D eigenvalue weighted by Gasteiger charge is 2.50. The second kappa shape index (κ2) is 9.10. The van der Waals surface area contributed by atoms with E-state index in [1.807, 2.05) is 17.9 Å². The van der Waals surface area contributed by atoms with Crippen molar-refractivity contribution in [3.63, 3.8) is 0 Å². The van der Waals surface area contributed by atoms with E-state index in [0.717, 1.165) is 22.4 Å². The van der Waals surface area contributed by atoms with Crippen molar-refractivity contribution in [2.75, 3.05) is 14.2 Å². The monoisotopic (exact) mass is 506 g/mol. The molecule has 184 valence electrons. The third-order valence-electron chi connectivity index (χ3n) is 7.32. The standard InChI is InChI=1S/C31H29N3O2P/c1-33-20-19-26-28(33)7-5-9-30(26)37(24-15-11-22(35-3)12-16-24,25-17-13-23(36-4)14-18-25)31-10-6-8-29-27(31)21-32-34(29)2/h5-21H,1-4H3/q+1. The summed E-state index contributed by atoms with van der Waals surface area (Å²) in [4.78, 5) is 0. The number of hydrogen-bond acceptors (Lipinski definition) is 3. The molecule has 0 radical (unpaired) electrons. The summed E-state index contributed by atoms with van der Waals surface area (Å²) in [6.07, 6.45) is 4.16. The van der Waals surface area contributed by atoms with Gasteiger partial charge in [-0.3, -0.25) is 4.68 Å². The highest BCUT2D eigenvalue weighted by atomic mass is 31.2. The first-order valence-electron chi connectivity index (χ1n) is 12.2. The number of hydrogen-bond donors (Lipinski definition) is 0. The minimum Gasteiger partial charge on any atom is -0.497 e. The highest BCUT2D eigenvalue weighted by Crippen LogP contribution is 2.57. The smallest absolute Gasteiger partial charge is 0.145 e. The Morgan fingerprint density at radius 2 is 1.16 bits per heavy atom. The summed E-state index contributed by atoms with van der Waals surface area (Å²) < 4.78 is 15.3. The first-order valence-corrected chi connectivity index (χ1v) is 14.0. The van der Waals surface area contributed by atoms with E-state index in [4.69, 9.17) is 9.47 Å². The van der Waals surface area contributed by atoms with Crippen molar-refractivity contribution >= 4 is 50.3 Å². The molecule has 2 aromatic heterocycles. The maximum atomic E-state index is 5.56. The zero-order valence-corrected chi connectivity index (χ0v) is 22.3. The number of aryl methyl sites for hydroxylation is 2. The van der Waals surface area contributed by atoms with Gasteiger partial charge in [0.05, 0.1) is 36.8 Å². The van der Waals surface area contributed by atoms with E-state index >= 15 is 0 Å². The Labute approximate surface area is 217 Å². The molecular weight excluding hydrogens is 477 g/mol. The Morgan fingerprint density at radius 1 is 0.622 bits per heavy atom. The molecule has 37 heavy (non-hydrogen) atoms. The summed E-state index contributed by atoms with van der Waals surface area (Å²) in [5, 5.41) is 12.2. The van der Waals surface area contributed by atoms with E-state index < -0.39 is 7.26 Å². The van der Waals surface area contributed by atoms with E-state index in [1.54, 1.807) is 14.2 Å². The van der Waals surface area contributed by atoms with Crippen molar-refractivity contribution in [1.82, 2.24) is 14.3 Å². The molecule has 5 nitrogen and oxygen atoms in total. The van der Waals surface area contributed by atoms with E-state index in [-0.39, 0.29) is 0 Å². The molecule has 0 atom stereocenters. The van der Waals surface area contributed by atoms with Crippen molar-refractivity contribution in [2.24, 2.45) is 14.1 Å². The van der Waals surface area contributed by atoms with Crippen LogP contribution in [0.5, 0.6) is 11.5 Å². The van der Waals surface area contributed by atoms with Crippen molar-refractivity contribution in [3.8, 4) is 11.5 Å². The number of ether oxygens (including phenoxy) is 2. The van der Waals surface area contributed by atoms with E-state index in [9.17, 15) is 0 Å². The predicted molar refractivity (Wildman–Crippen MR) is 155 cm³/mol. The molecule has 4 aromatic carbocycles. The lowest BCUT2D eigenvalue weighted by molar-refractivity contribution is 0.415. The zero-order chi connectivity index (χ0) is 25.6. The first kappa shape index (κ1) is 23.3. The van der Waals surface area contributed by atoms with Gasteiger partial charge in [-0.15, -0.1) is 0 Å². The molecule has 0 bridgehead atoms. The predicted octanol–water partition coefficient (Wildman–Crippen LogP) is 4.70. The Kier molecular flexibility index (Phi) is 5.73. The minimum atomic E-state index is -2.41. The Hall–Kier alpha value is -4.08. The Morgan fingerprint density at radius 3 is 1.73 bits per heavy atom. The summed E-state index contributed by atoms with van der Waals surface area (Å²) in [6, 6.07) is 32.7. The zero-order valence-electron chi connectivity index (χ0n) is 21.4. The molecule has 0 saturated heterocycles. The second-order valence-electron chi connectivity index (χ2n) is 9.18. The van der Waals surface area contributed by atoms with E-state index in [1.165, 1.54) is 32.1 Å². The summed E-state index contributed by atoms with van der Waals surface area (Å²) in [5.74, 6) is 1.68. The van der Waals surface area contributed by atoms with Gasteiger partial charge in [-0.2, -0.15) is 5.10 Å². The van der Waals surface area contributed by atoms with Crippen LogP contribution in [0.25, 0.3) is 21.8 Å². The molecular formula is C31H29N3O2P+. The Balaban J connectivity index is 1.82. The van der Waals surface area contributed by atoms with Gasteiger partial charge in [0.15, 0.2) is 0 Å². The first-order chi connectivity index (χ1) is 18.1. The average Bonchev–Trinajstić information content (AvgIpc) is 3.53. The van der Waals surface area contributed by atoms with Crippen molar-refractivity contribution in [3.05, 3.63) is 103 Å². The molecule has 0 saturated carbocycles. The fourth-order valence-corrected chi connectivity index (χ4v) is 10.0. The number of nitrogens with zero attached hydrogens (tertiary/aromatic N) is 3. The van der Waals surface area contributed by atoms with Crippen molar-refractivity contribution in [2.45, 2.75) is 0 Å². The van der Waals surface area contributed by atoms with Gasteiger partial charge in [0.25, 0.3) is 0 Å². The summed E-state index contributed by atoms with van der Waals surface area (Å²) >= 11 is 0. The molecule has 0 fully saturated rings. The van der Waals surface area contributed by atoms with E-state index in [0.29, 0.717) is 0 Å². The quantitative estimate of drug-likeness (QED) is 0.308. The summed E-state index contributed by atoms with van der Waals surface area (Å²) in [6.45, 7) is 0. The molecule has 6 rings (SSSR count). The fourth-order valence-electron chi connectivity index (χ4n) is 5.48. The van der Waals surface area contributed by atoms with Gasteiger partial charge in [0, 0.05) is 25.7 Å². The topological polar surface area (TPSA) is 41.2 Å². The van der Waals surface area contributed by atoms with Crippen LogP contribution in [0.3, 0.4) is 0 Å². The van der Waals surface area contributed by atoms with Crippen LogP contribution in [0.1, 0.15) is 0 Å². The normalized spacial score (nSPS) is 11.8. The lowest BCUT2D eigenvalue weighted by atomic mass is 10.2. The number of benzene rings is 4. The summed E-state index contributed by atoms with van der Waals surface area (Å²) in [5.41, 5.74) is 2.33. The van der Waals surface area contributed by atoms with Gasteiger partial charge in [0.2, 0.25) is 0 Å². The van der Waals surface area contributed by atoms with Crippen molar-refractivity contribution in [1.29, 1.82) is 0 Å². The molecule has 6 heteroatoms. The lowest BCUT2D eigenvalue weighted by Crippen LogP contribution is -2.39. The average molecular weight is 507 g/mol. The maximum Gasteiger partial charge on any atom is 0.145 e. The molecule has 0 unspecified atom stereocenters. The third kappa shape index (κ3) is 3.53. The third-order valence-corrected chi connectivity index (χ3v) is 11.7. The van der Waals surface area contributed by atoms with Gasteiger partial charge in [0.1, 0.15) is 40.0 Å². The molecule has 0 aliphatic carbocycles. The molecule has 0 amide bonds. The van der Waals surface area contributed by atoms with Crippen LogP contribution in [0.4, 0.5) is 0 Å². The van der Waals surface area contributed by atoms with Crippen LogP contribution in [0.15, 0.2) is 103 Å². The van der Waals surface area contributed by atoms with Crippen molar-refractivity contribution < 1.29 is 9.47 Å². The maximum absolute atomic E-state index is 5.56. The largest absolute Gasteiger partial charge is 0.497 e. The highest BCUT2D eigenvalue weighted by molar-refractivity contribution is 8.02. The molecule has 0 aliphatic rings. The van der Waals surface area contributed by atoms with Gasteiger partial charge in [-0.05, 0) is 78.9 Å². The summed E-state index contributed by atoms with van der Waals surface area (Å²) in [7, 11) is 5.12. The van der Waals surface area contributed by atoms with Crippen LogP contribution in [0, 0.1) is 0 Å². The Bertz CT molecular complexity index is 1590. The van der Waals surface area contributed by atoms with Crippen LogP contribution in [0.2, 0.25) is 0 Å². The minimum absolute atomic E-state index is 0.842. The van der Waals surface area contributed by atoms with Gasteiger partial charge < -0.3 is 14.0 Å². The van der Waals surface area contributed by atoms with Crippen LogP contribution < -0.4 is 30.7 Å². The molecule has 2 heterocycles. The van der Waals surface area contributed by atoms with E-state index in [2.05, 4.69) is 114 Å². The molecule has 6 aromatic rings. The number of aromatic nitrogens is 3. The van der Waals surface area contributed by atoms with Gasteiger partial charge in [-0.1, -0.05) is 12.1 Å². The van der Waals surface area contributed by atoms with Gasteiger partial charge in [-0.25, -0.2) is 0 Å². The molecule has 0 aliphatic heterocycles. The lowest BCUT2D eigenvalue weighted by Gasteiger charge is -2.29. The number of fused-ring (bicyclic) bond motifs is 2. The van der Waals surface area contributed by atoms with Gasteiger partial charge >= 0.3 is 0 Å². The van der Waals surface area contributed by atoms with Crippen LogP contribution >= 0.6 is 7.26 Å². The number of rotatable bonds is 6.